The number of fused-ring (bicyclic) bond motifs is 2. The van der Waals surface area contributed by atoms with Gasteiger partial charge in [0.15, 0.2) is 0 Å². The third-order valence-corrected chi connectivity index (χ3v) is 4.45. The molecule has 0 saturated heterocycles. The fraction of sp³-hybridized carbons (Fsp3) is 0.714. The fourth-order valence-electron chi connectivity index (χ4n) is 3.59. The molecule has 3 unspecified atom stereocenters. The Labute approximate surface area is 109 Å². The number of anilines is 2. The molecular formula is C14H22N4. The van der Waals surface area contributed by atoms with E-state index in [4.69, 9.17) is 0 Å². The van der Waals surface area contributed by atoms with E-state index in [1.165, 1.54) is 25.7 Å². The molecule has 0 radical (unpaired) electrons. The molecule has 0 aliphatic heterocycles. The van der Waals surface area contributed by atoms with Crippen molar-refractivity contribution < 1.29 is 0 Å². The summed E-state index contributed by atoms with van der Waals surface area (Å²) < 4.78 is 0. The average Bonchev–Trinajstić information content (AvgIpc) is 2.99. The summed E-state index contributed by atoms with van der Waals surface area (Å²) in [6, 6.07) is 2.00. The Morgan fingerprint density at radius 1 is 1.17 bits per heavy atom. The molecule has 2 N–H and O–H groups in total. The van der Waals surface area contributed by atoms with Crippen molar-refractivity contribution in [1.29, 1.82) is 0 Å². The van der Waals surface area contributed by atoms with Crippen LogP contribution in [0.1, 0.15) is 32.6 Å². The van der Waals surface area contributed by atoms with Gasteiger partial charge in [0.05, 0.1) is 0 Å². The Kier molecular flexibility index (Phi) is 3.35. The predicted molar refractivity (Wildman–Crippen MR) is 73.6 cm³/mol. The van der Waals surface area contributed by atoms with Crippen molar-refractivity contribution in [1.82, 2.24) is 9.97 Å². The predicted octanol–water partition coefficient (Wildman–Crippen LogP) is 2.76. The number of rotatable bonds is 5. The summed E-state index contributed by atoms with van der Waals surface area (Å²) in [5.74, 6) is 4.70. The summed E-state index contributed by atoms with van der Waals surface area (Å²) in [7, 11) is 0. The molecule has 2 aliphatic rings. The normalized spacial score (nSPS) is 29.5. The van der Waals surface area contributed by atoms with Gasteiger partial charge in [-0.15, -0.1) is 0 Å². The maximum atomic E-state index is 4.28. The van der Waals surface area contributed by atoms with Crippen molar-refractivity contribution in [3.05, 3.63) is 12.4 Å². The zero-order valence-corrected chi connectivity index (χ0v) is 11.0. The first-order valence-electron chi connectivity index (χ1n) is 7.15. The maximum Gasteiger partial charge on any atom is 0.131 e. The van der Waals surface area contributed by atoms with Crippen molar-refractivity contribution in [2.24, 2.45) is 17.8 Å². The summed E-state index contributed by atoms with van der Waals surface area (Å²) >= 11 is 0. The van der Waals surface area contributed by atoms with Crippen LogP contribution >= 0.6 is 0 Å². The molecule has 2 aliphatic carbocycles. The van der Waals surface area contributed by atoms with E-state index in [1.54, 1.807) is 6.33 Å². The SMILES string of the molecule is CCNc1cc(NCC2CC3CCC2C3)ncn1. The van der Waals surface area contributed by atoms with Gasteiger partial charge in [-0.05, 0) is 43.9 Å². The average molecular weight is 246 g/mol. The molecule has 2 bridgehead atoms. The van der Waals surface area contributed by atoms with Crippen LogP contribution in [-0.4, -0.2) is 23.1 Å². The Morgan fingerprint density at radius 2 is 2.00 bits per heavy atom. The summed E-state index contributed by atoms with van der Waals surface area (Å²) in [6.45, 7) is 4.04. The number of nitrogens with zero attached hydrogens (tertiary/aromatic N) is 2. The van der Waals surface area contributed by atoms with E-state index in [0.29, 0.717) is 0 Å². The molecule has 4 nitrogen and oxygen atoms in total. The van der Waals surface area contributed by atoms with Gasteiger partial charge in [0.1, 0.15) is 18.0 Å². The first-order chi connectivity index (χ1) is 8.85. The largest absolute Gasteiger partial charge is 0.370 e. The highest BCUT2D eigenvalue weighted by Crippen LogP contribution is 2.48. The quantitative estimate of drug-likeness (QED) is 0.838. The Hall–Kier alpha value is -1.32. The number of nitrogens with one attached hydrogen (secondary N) is 2. The van der Waals surface area contributed by atoms with E-state index in [1.807, 2.05) is 6.07 Å². The van der Waals surface area contributed by atoms with Gasteiger partial charge < -0.3 is 10.6 Å². The lowest BCUT2D eigenvalue weighted by Gasteiger charge is -2.22. The lowest BCUT2D eigenvalue weighted by Crippen LogP contribution is -2.20. The minimum absolute atomic E-state index is 0.862. The van der Waals surface area contributed by atoms with Crippen LogP contribution in [0.4, 0.5) is 11.6 Å². The second kappa shape index (κ2) is 5.12. The first kappa shape index (κ1) is 11.8. The zero-order chi connectivity index (χ0) is 12.4. The van der Waals surface area contributed by atoms with Crippen LogP contribution in [-0.2, 0) is 0 Å². The highest BCUT2D eigenvalue weighted by atomic mass is 15.1. The highest BCUT2D eigenvalue weighted by Gasteiger charge is 2.39. The molecule has 2 saturated carbocycles. The minimum Gasteiger partial charge on any atom is -0.370 e. The van der Waals surface area contributed by atoms with E-state index in [0.717, 1.165) is 42.5 Å². The van der Waals surface area contributed by atoms with Gasteiger partial charge in [-0.3, -0.25) is 0 Å². The van der Waals surface area contributed by atoms with Crippen LogP contribution in [0, 0.1) is 17.8 Å². The molecule has 1 aromatic rings. The van der Waals surface area contributed by atoms with Crippen molar-refractivity contribution in [3.8, 4) is 0 Å². The summed E-state index contributed by atoms with van der Waals surface area (Å²) in [5.41, 5.74) is 0. The number of aromatic nitrogens is 2. The topological polar surface area (TPSA) is 49.8 Å². The molecule has 18 heavy (non-hydrogen) atoms. The van der Waals surface area contributed by atoms with Gasteiger partial charge in [-0.25, -0.2) is 9.97 Å². The van der Waals surface area contributed by atoms with Crippen LogP contribution in [0.25, 0.3) is 0 Å². The number of hydrogen-bond acceptors (Lipinski definition) is 4. The Balaban J connectivity index is 1.55. The van der Waals surface area contributed by atoms with Crippen molar-refractivity contribution in [2.45, 2.75) is 32.6 Å². The zero-order valence-electron chi connectivity index (χ0n) is 11.0. The standard InChI is InChI=1S/C14H22N4/c1-2-15-13-7-14(18-9-17-13)16-8-12-6-10-3-4-11(12)5-10/h7,9-12H,2-6,8H2,1H3,(H2,15,16,17,18). The second-order valence-electron chi connectivity index (χ2n) is 5.63. The van der Waals surface area contributed by atoms with Gasteiger partial charge in [-0.2, -0.15) is 0 Å². The summed E-state index contributed by atoms with van der Waals surface area (Å²) in [5, 5.41) is 6.69. The van der Waals surface area contributed by atoms with Crippen LogP contribution in [0.15, 0.2) is 12.4 Å². The minimum atomic E-state index is 0.862. The molecule has 98 valence electrons. The van der Waals surface area contributed by atoms with Crippen molar-refractivity contribution in [2.75, 3.05) is 23.7 Å². The number of hydrogen-bond donors (Lipinski definition) is 2. The van der Waals surface area contributed by atoms with Gasteiger partial charge in [0, 0.05) is 19.2 Å². The van der Waals surface area contributed by atoms with Gasteiger partial charge in [-0.1, -0.05) is 6.42 Å². The summed E-state index contributed by atoms with van der Waals surface area (Å²) in [4.78, 5) is 8.47. The molecule has 2 fully saturated rings. The molecule has 1 heterocycles. The van der Waals surface area contributed by atoms with Gasteiger partial charge >= 0.3 is 0 Å². The van der Waals surface area contributed by atoms with Crippen LogP contribution in [0.5, 0.6) is 0 Å². The van der Waals surface area contributed by atoms with Crippen molar-refractivity contribution in [3.63, 3.8) is 0 Å². The Morgan fingerprint density at radius 3 is 2.67 bits per heavy atom. The van der Waals surface area contributed by atoms with Gasteiger partial charge in [0.2, 0.25) is 0 Å². The lowest BCUT2D eigenvalue weighted by molar-refractivity contribution is 0.348. The van der Waals surface area contributed by atoms with Crippen LogP contribution < -0.4 is 10.6 Å². The Bertz CT molecular complexity index is 407. The lowest BCUT2D eigenvalue weighted by atomic mass is 9.89. The van der Waals surface area contributed by atoms with Crippen LogP contribution in [0.2, 0.25) is 0 Å². The molecular weight excluding hydrogens is 224 g/mol. The molecule has 4 heteroatoms. The molecule has 0 aromatic carbocycles. The monoisotopic (exact) mass is 246 g/mol. The van der Waals surface area contributed by atoms with Crippen molar-refractivity contribution >= 4 is 11.6 Å². The third kappa shape index (κ3) is 2.42. The van der Waals surface area contributed by atoms with E-state index in [9.17, 15) is 0 Å². The smallest absolute Gasteiger partial charge is 0.131 e. The van der Waals surface area contributed by atoms with E-state index < -0.39 is 0 Å². The second-order valence-corrected chi connectivity index (χ2v) is 5.63. The van der Waals surface area contributed by atoms with Gasteiger partial charge in [0.25, 0.3) is 0 Å². The molecule has 0 amide bonds. The summed E-state index contributed by atoms with van der Waals surface area (Å²) in [6.07, 6.45) is 7.44. The molecule has 3 atom stereocenters. The first-order valence-corrected chi connectivity index (χ1v) is 7.15. The van der Waals surface area contributed by atoms with Crippen LogP contribution in [0.3, 0.4) is 0 Å². The molecule has 1 aromatic heterocycles. The molecule has 0 spiro atoms. The third-order valence-electron chi connectivity index (χ3n) is 4.45. The van der Waals surface area contributed by atoms with E-state index >= 15 is 0 Å². The van der Waals surface area contributed by atoms with E-state index in [2.05, 4.69) is 27.5 Å². The maximum absolute atomic E-state index is 4.28. The van der Waals surface area contributed by atoms with E-state index in [-0.39, 0.29) is 0 Å². The highest BCUT2D eigenvalue weighted by molar-refractivity contribution is 5.46. The fourth-order valence-corrected chi connectivity index (χ4v) is 3.59. The molecule has 3 rings (SSSR count).